The molecule has 0 aliphatic rings. The predicted octanol–water partition coefficient (Wildman–Crippen LogP) is 3.56. The number of nitrogens with zero attached hydrogens (tertiary/aromatic N) is 3. The summed E-state index contributed by atoms with van der Waals surface area (Å²) in [5.41, 5.74) is -1.19. The minimum absolute atomic E-state index is 0.0461. The molecule has 12 heteroatoms. The smallest absolute Gasteiger partial charge is 0.355 e. The number of halogens is 5. The third-order valence-electron chi connectivity index (χ3n) is 4.19. The van der Waals surface area contributed by atoms with Crippen molar-refractivity contribution in [3.63, 3.8) is 0 Å². The van der Waals surface area contributed by atoms with Crippen molar-refractivity contribution in [3.05, 3.63) is 69.1 Å². The van der Waals surface area contributed by atoms with Crippen LogP contribution in [0.25, 0.3) is 5.82 Å². The van der Waals surface area contributed by atoms with Crippen LogP contribution in [0.2, 0.25) is 10.0 Å². The van der Waals surface area contributed by atoms with Crippen LogP contribution in [0.3, 0.4) is 0 Å². The highest BCUT2D eigenvalue weighted by molar-refractivity contribution is 6.31. The van der Waals surface area contributed by atoms with Crippen LogP contribution in [-0.4, -0.2) is 33.6 Å². The summed E-state index contributed by atoms with van der Waals surface area (Å²) in [7, 11) is 1.39. The van der Waals surface area contributed by atoms with Crippen LogP contribution in [0.4, 0.5) is 18.9 Å². The summed E-state index contributed by atoms with van der Waals surface area (Å²) in [6.45, 7) is 1.59. The molecule has 3 rings (SSSR count). The van der Waals surface area contributed by atoms with E-state index < -0.39 is 29.4 Å². The maximum Gasteiger partial charge on any atom is 0.435 e. The molecule has 7 nitrogen and oxygen atoms in total. The van der Waals surface area contributed by atoms with E-state index in [1.54, 1.807) is 6.92 Å². The number of carbonyl (C=O) groups is 2. The molecule has 2 amide bonds. The van der Waals surface area contributed by atoms with Crippen LogP contribution in [0.15, 0.2) is 36.5 Å². The first-order valence-electron chi connectivity index (χ1n) is 8.66. The van der Waals surface area contributed by atoms with Crippen molar-refractivity contribution in [2.45, 2.75) is 13.1 Å². The first-order chi connectivity index (χ1) is 14.5. The highest BCUT2D eigenvalue weighted by Gasteiger charge is 2.37. The van der Waals surface area contributed by atoms with Gasteiger partial charge in [0.25, 0.3) is 16.8 Å². The van der Waals surface area contributed by atoms with Crippen LogP contribution >= 0.6 is 11.6 Å². The van der Waals surface area contributed by atoms with Gasteiger partial charge in [-0.05, 0) is 30.7 Å². The Morgan fingerprint density at radius 1 is 1.19 bits per heavy atom. The Kier molecular flexibility index (Phi) is 6.23. The van der Waals surface area contributed by atoms with Crippen molar-refractivity contribution < 1.29 is 34.4 Å². The lowest BCUT2D eigenvalue weighted by atomic mass is 10.1. The van der Waals surface area contributed by atoms with Crippen LogP contribution in [0, 0.1) is 18.5 Å². The molecule has 0 bridgehead atoms. The van der Waals surface area contributed by atoms with Gasteiger partial charge in [0.15, 0.2) is 17.3 Å². The molecule has 0 saturated carbocycles. The minimum atomic E-state index is -4.81. The first kappa shape index (κ1) is 22.6. The third-order valence-corrected chi connectivity index (χ3v) is 4.73. The average Bonchev–Trinajstić information content (AvgIpc) is 3.15. The van der Waals surface area contributed by atoms with Crippen molar-refractivity contribution in [2.75, 3.05) is 12.4 Å². The van der Waals surface area contributed by atoms with Gasteiger partial charge in [-0.25, -0.2) is 9.67 Å². The maximum atomic E-state index is 13.3. The van der Waals surface area contributed by atoms with E-state index in [4.69, 9.17) is 23.2 Å². The van der Waals surface area contributed by atoms with Crippen LogP contribution in [0.1, 0.15) is 32.1 Å². The fourth-order valence-corrected chi connectivity index (χ4v) is 3.27. The molecule has 2 N–H and O–H groups in total. The highest BCUT2D eigenvalue weighted by Crippen LogP contribution is 2.31. The Labute approximate surface area is 184 Å². The number of aromatic nitrogens is 3. The fraction of sp³-hybridized carbons (Fsp3) is 0.158. The molecule has 31 heavy (non-hydrogen) atoms. The number of benzene rings is 1. The molecular formula is C19H15Cl2F3N5O2+. The highest BCUT2D eigenvalue weighted by atomic mass is 35.5. The SMILES string of the molecule is CNC(=O)c1cc(Cl)cc(C)c1NC(=O)c1cc(C(F)(F)F)nn1-c1ncccc1[ClH+]. The molecule has 2 aromatic heterocycles. The van der Waals surface area contributed by atoms with Gasteiger partial charge in [-0.1, -0.05) is 11.6 Å². The number of amides is 2. The van der Waals surface area contributed by atoms with E-state index in [0.29, 0.717) is 11.6 Å². The van der Waals surface area contributed by atoms with Crippen molar-refractivity contribution in [2.24, 2.45) is 0 Å². The zero-order valence-corrected chi connectivity index (χ0v) is 17.6. The van der Waals surface area contributed by atoms with Gasteiger partial charge in [-0.2, -0.15) is 18.3 Å². The normalized spacial score (nSPS) is 11.3. The molecule has 0 unspecified atom stereocenters. The van der Waals surface area contributed by atoms with Gasteiger partial charge in [-0.3, -0.25) is 9.59 Å². The van der Waals surface area contributed by atoms with Crippen molar-refractivity contribution in [3.8, 4) is 5.82 Å². The van der Waals surface area contributed by atoms with Gasteiger partial charge in [0.05, 0.1) is 11.3 Å². The van der Waals surface area contributed by atoms with Gasteiger partial charge in [0.2, 0.25) is 5.82 Å². The molecule has 0 fully saturated rings. The number of nitrogens with one attached hydrogen (secondary N) is 2. The van der Waals surface area contributed by atoms with Gasteiger partial charge in [0.1, 0.15) is 5.69 Å². The number of hydrogen-bond donors (Lipinski definition) is 2. The number of hydrogen-bond acceptors (Lipinski definition) is 4. The number of alkyl halides is 3. The van der Waals surface area contributed by atoms with Crippen molar-refractivity contribution >= 4 is 29.1 Å². The monoisotopic (exact) mass is 472 g/mol. The maximum absolute atomic E-state index is 13.3. The number of rotatable bonds is 4. The van der Waals surface area contributed by atoms with Gasteiger partial charge < -0.3 is 10.6 Å². The molecule has 0 atom stereocenters. The van der Waals surface area contributed by atoms with E-state index >= 15 is 0 Å². The minimum Gasteiger partial charge on any atom is -0.355 e. The summed E-state index contributed by atoms with van der Waals surface area (Å²) in [6, 6.07) is 6.38. The van der Waals surface area contributed by atoms with Crippen LogP contribution < -0.4 is 10.6 Å². The average molecular weight is 473 g/mol. The molecule has 0 aliphatic heterocycles. The summed E-state index contributed by atoms with van der Waals surface area (Å²) < 4.78 is 40.6. The Morgan fingerprint density at radius 3 is 2.52 bits per heavy atom. The third kappa shape index (κ3) is 4.64. The summed E-state index contributed by atoms with van der Waals surface area (Å²) in [4.78, 5) is 29.2. The topological polar surface area (TPSA) is 88.9 Å². The van der Waals surface area contributed by atoms with E-state index in [2.05, 4.69) is 20.7 Å². The van der Waals surface area contributed by atoms with Crippen molar-refractivity contribution in [1.29, 1.82) is 0 Å². The number of aryl methyl sites for hydroxylation is 1. The van der Waals surface area contributed by atoms with Gasteiger partial charge >= 0.3 is 6.18 Å². The molecular weight excluding hydrogens is 458 g/mol. The van der Waals surface area contributed by atoms with Crippen molar-refractivity contribution in [1.82, 2.24) is 20.1 Å². The molecule has 3 aromatic rings. The Balaban J connectivity index is 2.12. The molecule has 162 valence electrons. The lowest BCUT2D eigenvalue weighted by Gasteiger charge is -2.14. The summed E-state index contributed by atoms with van der Waals surface area (Å²) in [5.74, 6) is -1.60. The van der Waals surface area contributed by atoms with Crippen LogP contribution in [0.5, 0.6) is 0 Å². The quantitative estimate of drug-likeness (QED) is 0.607. The standard InChI is InChI=1S/C19H14Cl2F3N5O2/c1-9-6-10(20)7-11(17(30)25-2)15(9)27-18(31)13-8-14(19(22,23)24)28-29(13)16-12(21)4-3-5-26-16/h3-8,21H,1-2H3,(H-,25,27,30,31)/p+1. The second-order valence-electron chi connectivity index (χ2n) is 6.33. The Hall–Kier alpha value is -3.11. The summed E-state index contributed by atoms with van der Waals surface area (Å²) >= 11 is 11.1. The lowest BCUT2D eigenvalue weighted by molar-refractivity contribution is -0.289. The number of carbonyl (C=O) groups excluding carboxylic acids is 2. The first-order valence-corrected chi connectivity index (χ1v) is 9.44. The molecule has 0 radical (unpaired) electrons. The number of pyridine rings is 1. The lowest BCUT2D eigenvalue weighted by Crippen LogP contribution is -2.23. The zero-order valence-electron chi connectivity index (χ0n) is 16.0. The van der Waals surface area contributed by atoms with E-state index in [0.717, 1.165) is 4.68 Å². The molecule has 0 saturated heterocycles. The summed E-state index contributed by atoms with van der Waals surface area (Å²) in [6.07, 6.45) is -3.49. The molecule has 1 aromatic carbocycles. The van der Waals surface area contributed by atoms with E-state index in [1.165, 1.54) is 37.5 Å². The molecule has 0 spiro atoms. The van der Waals surface area contributed by atoms with E-state index in [-0.39, 0.29) is 27.1 Å². The predicted molar refractivity (Wildman–Crippen MR) is 104 cm³/mol. The van der Waals surface area contributed by atoms with Gasteiger partial charge in [-0.15, -0.1) is 0 Å². The second-order valence-corrected chi connectivity index (χ2v) is 7.20. The van der Waals surface area contributed by atoms with E-state index in [1.807, 2.05) is 0 Å². The largest absolute Gasteiger partial charge is 0.435 e. The molecule has 2 heterocycles. The summed E-state index contributed by atoms with van der Waals surface area (Å²) in [5, 5.41) is 8.74. The second kappa shape index (κ2) is 8.56. The Morgan fingerprint density at radius 2 is 1.90 bits per heavy atom. The fourth-order valence-electron chi connectivity index (χ4n) is 2.78. The van der Waals surface area contributed by atoms with E-state index in [9.17, 15) is 22.8 Å². The van der Waals surface area contributed by atoms with Crippen LogP contribution in [-0.2, 0) is 6.18 Å². The molecule has 0 aliphatic carbocycles. The van der Waals surface area contributed by atoms with Gasteiger partial charge in [0, 0.05) is 30.4 Å². The number of anilines is 1. The zero-order chi connectivity index (χ0) is 22.9. The Bertz CT molecular complexity index is 1180.